The third-order valence-electron chi connectivity index (χ3n) is 5.85. The molecular weight excluding hydrogens is 244 g/mol. The molecule has 1 fully saturated rings. The minimum absolute atomic E-state index is 0.479. The second-order valence-corrected chi connectivity index (χ2v) is 7.75. The summed E-state index contributed by atoms with van der Waals surface area (Å²) in [5.41, 5.74) is 6.57. The quantitative estimate of drug-likeness (QED) is 0.755. The molecule has 0 aromatic rings. The fourth-order valence-electron chi connectivity index (χ4n) is 3.95. The standard InChI is InChI=1S/C18H38N2/c1-7-11-20(14(3)4)17-12-16(18(5,6)8-2)10-9-15(17)13-19/h14-17H,7-13,19H2,1-6H3. The van der Waals surface area contributed by atoms with Crippen LogP contribution < -0.4 is 5.73 Å². The van der Waals surface area contributed by atoms with Gasteiger partial charge < -0.3 is 5.73 Å². The lowest BCUT2D eigenvalue weighted by Crippen LogP contribution is -2.51. The van der Waals surface area contributed by atoms with E-state index >= 15 is 0 Å². The Morgan fingerprint density at radius 2 is 1.85 bits per heavy atom. The third kappa shape index (κ3) is 4.21. The zero-order chi connectivity index (χ0) is 15.3. The first kappa shape index (κ1) is 18.0. The SMILES string of the molecule is CCCN(C(C)C)C1CC(C(C)(C)CC)CCC1CN. The van der Waals surface area contributed by atoms with Gasteiger partial charge in [-0.15, -0.1) is 0 Å². The molecule has 1 aliphatic carbocycles. The maximum atomic E-state index is 6.09. The Morgan fingerprint density at radius 1 is 1.20 bits per heavy atom. The predicted molar refractivity (Wildman–Crippen MR) is 89.9 cm³/mol. The second-order valence-electron chi connectivity index (χ2n) is 7.75. The van der Waals surface area contributed by atoms with E-state index in [-0.39, 0.29) is 0 Å². The highest BCUT2D eigenvalue weighted by atomic mass is 15.2. The molecule has 20 heavy (non-hydrogen) atoms. The average molecular weight is 283 g/mol. The van der Waals surface area contributed by atoms with Gasteiger partial charge in [0.25, 0.3) is 0 Å². The van der Waals surface area contributed by atoms with Crippen LogP contribution in [0.5, 0.6) is 0 Å². The van der Waals surface area contributed by atoms with Gasteiger partial charge in [-0.25, -0.2) is 0 Å². The van der Waals surface area contributed by atoms with E-state index in [1.165, 1.54) is 38.6 Å². The van der Waals surface area contributed by atoms with Gasteiger partial charge in [0.05, 0.1) is 0 Å². The lowest BCUT2D eigenvalue weighted by Gasteiger charge is -2.48. The molecule has 2 heteroatoms. The fourth-order valence-corrected chi connectivity index (χ4v) is 3.95. The van der Waals surface area contributed by atoms with E-state index in [4.69, 9.17) is 5.73 Å². The van der Waals surface area contributed by atoms with E-state index in [9.17, 15) is 0 Å². The van der Waals surface area contributed by atoms with Crippen molar-refractivity contribution >= 4 is 0 Å². The van der Waals surface area contributed by atoms with Crippen molar-refractivity contribution in [3.05, 3.63) is 0 Å². The molecule has 0 amide bonds. The fraction of sp³-hybridized carbons (Fsp3) is 1.00. The summed E-state index contributed by atoms with van der Waals surface area (Å²) in [5.74, 6) is 1.56. The molecule has 0 bridgehead atoms. The number of nitrogens with zero attached hydrogens (tertiary/aromatic N) is 1. The van der Waals surface area contributed by atoms with Crippen LogP contribution in [0.15, 0.2) is 0 Å². The van der Waals surface area contributed by atoms with Crippen LogP contribution in [-0.4, -0.2) is 30.1 Å². The molecule has 0 saturated heterocycles. The molecule has 0 heterocycles. The zero-order valence-corrected chi connectivity index (χ0v) is 14.8. The summed E-state index contributed by atoms with van der Waals surface area (Å²) in [6.07, 6.45) is 6.57. The van der Waals surface area contributed by atoms with Crippen LogP contribution in [0.3, 0.4) is 0 Å². The Morgan fingerprint density at radius 3 is 2.30 bits per heavy atom. The molecule has 3 unspecified atom stereocenters. The molecule has 0 aromatic carbocycles. The molecule has 3 atom stereocenters. The van der Waals surface area contributed by atoms with Crippen LogP contribution in [0.4, 0.5) is 0 Å². The normalized spacial score (nSPS) is 28.4. The summed E-state index contributed by atoms with van der Waals surface area (Å²) in [7, 11) is 0. The Kier molecular flexibility index (Phi) is 7.00. The summed E-state index contributed by atoms with van der Waals surface area (Å²) in [4.78, 5) is 2.73. The van der Waals surface area contributed by atoms with Gasteiger partial charge in [-0.05, 0) is 69.9 Å². The number of hydrogen-bond donors (Lipinski definition) is 1. The monoisotopic (exact) mass is 282 g/mol. The van der Waals surface area contributed by atoms with Crippen molar-refractivity contribution in [3.63, 3.8) is 0 Å². The van der Waals surface area contributed by atoms with Crippen molar-refractivity contribution < 1.29 is 0 Å². The predicted octanol–water partition coefficient (Wildman–Crippen LogP) is 4.29. The first-order valence-corrected chi connectivity index (χ1v) is 8.83. The minimum Gasteiger partial charge on any atom is -0.330 e. The molecule has 1 aliphatic rings. The second kappa shape index (κ2) is 7.79. The smallest absolute Gasteiger partial charge is 0.0141 e. The Balaban J connectivity index is 2.86. The zero-order valence-electron chi connectivity index (χ0n) is 14.8. The molecule has 1 rings (SSSR count). The van der Waals surface area contributed by atoms with Gasteiger partial charge in [-0.3, -0.25) is 4.90 Å². The van der Waals surface area contributed by atoms with Crippen molar-refractivity contribution in [2.24, 2.45) is 23.0 Å². The number of nitrogens with two attached hydrogens (primary N) is 1. The van der Waals surface area contributed by atoms with Crippen LogP contribution in [0.1, 0.15) is 73.6 Å². The van der Waals surface area contributed by atoms with Crippen LogP contribution in [-0.2, 0) is 0 Å². The largest absolute Gasteiger partial charge is 0.330 e. The summed E-state index contributed by atoms with van der Waals surface area (Å²) in [6, 6.07) is 1.34. The first-order valence-electron chi connectivity index (χ1n) is 8.83. The van der Waals surface area contributed by atoms with Crippen molar-refractivity contribution in [3.8, 4) is 0 Å². The highest BCUT2D eigenvalue weighted by molar-refractivity contribution is 4.92. The van der Waals surface area contributed by atoms with Crippen LogP contribution in [0, 0.1) is 17.3 Å². The molecule has 120 valence electrons. The molecule has 0 aromatic heterocycles. The lowest BCUT2D eigenvalue weighted by molar-refractivity contribution is 0.0220. The Bertz CT molecular complexity index is 273. The van der Waals surface area contributed by atoms with E-state index < -0.39 is 0 Å². The Labute approximate surface area is 127 Å². The molecular formula is C18H38N2. The van der Waals surface area contributed by atoms with Crippen LogP contribution in [0.25, 0.3) is 0 Å². The van der Waals surface area contributed by atoms with E-state index in [1.807, 2.05) is 0 Å². The van der Waals surface area contributed by atoms with Gasteiger partial charge >= 0.3 is 0 Å². The summed E-state index contributed by atoms with van der Waals surface area (Å²) in [5, 5.41) is 0. The summed E-state index contributed by atoms with van der Waals surface area (Å²) >= 11 is 0. The highest BCUT2D eigenvalue weighted by Gasteiger charge is 2.39. The highest BCUT2D eigenvalue weighted by Crippen LogP contribution is 2.43. The van der Waals surface area contributed by atoms with Crippen LogP contribution in [0.2, 0.25) is 0 Å². The van der Waals surface area contributed by atoms with Crippen molar-refractivity contribution in [1.29, 1.82) is 0 Å². The van der Waals surface area contributed by atoms with E-state index in [0.717, 1.165) is 12.5 Å². The third-order valence-corrected chi connectivity index (χ3v) is 5.85. The summed E-state index contributed by atoms with van der Waals surface area (Å²) < 4.78 is 0. The molecule has 2 N–H and O–H groups in total. The van der Waals surface area contributed by atoms with E-state index in [0.29, 0.717) is 23.4 Å². The van der Waals surface area contributed by atoms with E-state index in [2.05, 4.69) is 46.4 Å². The topological polar surface area (TPSA) is 29.3 Å². The van der Waals surface area contributed by atoms with Crippen molar-refractivity contribution in [2.75, 3.05) is 13.1 Å². The minimum atomic E-state index is 0.479. The lowest BCUT2D eigenvalue weighted by atomic mass is 9.65. The maximum absolute atomic E-state index is 6.09. The first-order chi connectivity index (χ1) is 9.37. The van der Waals surface area contributed by atoms with Gasteiger partial charge in [-0.1, -0.05) is 34.1 Å². The molecule has 1 saturated carbocycles. The molecule has 0 spiro atoms. The molecule has 0 aliphatic heterocycles. The average Bonchev–Trinajstić information content (AvgIpc) is 2.43. The number of hydrogen-bond acceptors (Lipinski definition) is 2. The van der Waals surface area contributed by atoms with Gasteiger partial charge in [-0.2, -0.15) is 0 Å². The van der Waals surface area contributed by atoms with Crippen LogP contribution >= 0.6 is 0 Å². The van der Waals surface area contributed by atoms with Gasteiger partial charge in [0.15, 0.2) is 0 Å². The van der Waals surface area contributed by atoms with Gasteiger partial charge in [0, 0.05) is 12.1 Å². The van der Waals surface area contributed by atoms with E-state index in [1.54, 1.807) is 0 Å². The van der Waals surface area contributed by atoms with Gasteiger partial charge in [0.1, 0.15) is 0 Å². The Hall–Kier alpha value is -0.0800. The maximum Gasteiger partial charge on any atom is 0.0141 e. The number of rotatable bonds is 7. The summed E-state index contributed by atoms with van der Waals surface area (Å²) in [6.45, 7) is 16.3. The molecule has 0 radical (unpaired) electrons. The molecule has 2 nitrogen and oxygen atoms in total. The van der Waals surface area contributed by atoms with Crippen molar-refractivity contribution in [2.45, 2.75) is 85.7 Å². The van der Waals surface area contributed by atoms with Gasteiger partial charge in [0.2, 0.25) is 0 Å². The van der Waals surface area contributed by atoms with Crippen molar-refractivity contribution in [1.82, 2.24) is 4.90 Å².